The van der Waals surface area contributed by atoms with E-state index in [1.807, 2.05) is 34.8 Å². The molecule has 0 aliphatic carbocycles. The van der Waals surface area contributed by atoms with Gasteiger partial charge in [0, 0.05) is 51.5 Å². The molecular formula is C18H27ClN6O2. The lowest BCUT2D eigenvalue weighted by Crippen LogP contribution is -2.48. The molecule has 1 unspecified atom stereocenters. The number of rotatable bonds is 4. The summed E-state index contributed by atoms with van der Waals surface area (Å²) in [6.07, 6.45) is 4.21. The molecule has 2 aliphatic rings. The maximum atomic E-state index is 12.8. The first-order chi connectivity index (χ1) is 12.7. The highest BCUT2D eigenvalue weighted by atomic mass is 35.5. The molecule has 27 heavy (non-hydrogen) atoms. The number of carbonyl (C=O) groups excluding carboxylic acids is 1. The Hall–Kier alpha value is -1.90. The molecular weight excluding hydrogens is 368 g/mol. The van der Waals surface area contributed by atoms with E-state index in [1.165, 1.54) is 0 Å². The van der Waals surface area contributed by atoms with Crippen molar-refractivity contribution in [3.8, 4) is 0 Å². The first kappa shape index (κ1) is 19.9. The van der Waals surface area contributed by atoms with E-state index in [1.54, 1.807) is 0 Å². The van der Waals surface area contributed by atoms with Crippen molar-refractivity contribution in [2.45, 2.75) is 32.4 Å². The van der Waals surface area contributed by atoms with Crippen LogP contribution in [0.4, 0.5) is 0 Å². The van der Waals surface area contributed by atoms with Crippen molar-refractivity contribution in [2.75, 3.05) is 39.3 Å². The van der Waals surface area contributed by atoms with Crippen molar-refractivity contribution >= 4 is 18.3 Å². The van der Waals surface area contributed by atoms with Crippen LogP contribution in [0.15, 0.2) is 22.9 Å². The topological polar surface area (TPSA) is 79.4 Å². The van der Waals surface area contributed by atoms with Gasteiger partial charge < -0.3 is 14.7 Å². The number of aryl methyl sites for hydroxylation is 1. The molecule has 1 amide bonds. The fraction of sp³-hybridized carbons (Fsp3) is 0.611. The molecule has 4 heterocycles. The van der Waals surface area contributed by atoms with Gasteiger partial charge in [0.05, 0.1) is 11.7 Å². The Morgan fingerprint density at radius 1 is 1.33 bits per heavy atom. The van der Waals surface area contributed by atoms with Gasteiger partial charge in [-0.3, -0.25) is 14.4 Å². The fourth-order valence-electron chi connectivity index (χ4n) is 3.71. The number of nitrogens with one attached hydrogen (secondary N) is 1. The monoisotopic (exact) mass is 394 g/mol. The second-order valence-electron chi connectivity index (χ2n) is 7.18. The molecule has 0 saturated carbocycles. The standard InChI is InChI=1S/C18H26N6O2.ClH/c1-14-11-15(21-26-14)13-22-7-9-23(10-8-22)18(25)17-4-6-24(20-17)16-3-2-5-19-12-16;/h4,6,11,16,19H,2-3,5,7-10,12-13H2,1H3;1H. The molecule has 0 radical (unpaired) electrons. The Kier molecular flexibility index (Phi) is 6.51. The third kappa shape index (κ3) is 4.69. The van der Waals surface area contributed by atoms with Gasteiger partial charge in [-0.25, -0.2) is 0 Å². The van der Waals surface area contributed by atoms with Crippen molar-refractivity contribution in [2.24, 2.45) is 0 Å². The van der Waals surface area contributed by atoms with Crippen LogP contribution in [0.2, 0.25) is 0 Å². The number of amides is 1. The molecule has 2 aromatic heterocycles. The molecule has 4 rings (SSSR count). The number of aromatic nitrogens is 3. The Balaban J connectivity index is 0.00000210. The van der Waals surface area contributed by atoms with Crippen LogP contribution < -0.4 is 5.32 Å². The number of piperidine rings is 1. The minimum Gasteiger partial charge on any atom is -0.361 e. The van der Waals surface area contributed by atoms with Gasteiger partial charge in [-0.05, 0) is 32.4 Å². The van der Waals surface area contributed by atoms with Gasteiger partial charge >= 0.3 is 0 Å². The van der Waals surface area contributed by atoms with Gasteiger partial charge in [0.25, 0.3) is 5.91 Å². The second-order valence-corrected chi connectivity index (χ2v) is 7.18. The molecule has 0 spiro atoms. The van der Waals surface area contributed by atoms with Crippen LogP contribution in [0.1, 0.15) is 40.8 Å². The first-order valence-corrected chi connectivity index (χ1v) is 9.39. The third-order valence-electron chi connectivity index (χ3n) is 5.19. The fourth-order valence-corrected chi connectivity index (χ4v) is 3.71. The zero-order valence-corrected chi connectivity index (χ0v) is 16.5. The van der Waals surface area contributed by atoms with E-state index in [4.69, 9.17) is 4.52 Å². The highest BCUT2D eigenvalue weighted by Crippen LogP contribution is 2.17. The molecule has 2 fully saturated rings. The Labute approximate surface area is 165 Å². The van der Waals surface area contributed by atoms with Crippen LogP contribution >= 0.6 is 12.4 Å². The smallest absolute Gasteiger partial charge is 0.274 e. The van der Waals surface area contributed by atoms with Gasteiger partial charge in [0.2, 0.25) is 0 Å². The van der Waals surface area contributed by atoms with Crippen LogP contribution in [0.25, 0.3) is 0 Å². The van der Waals surface area contributed by atoms with E-state index < -0.39 is 0 Å². The van der Waals surface area contributed by atoms with Crippen molar-refractivity contribution in [1.82, 2.24) is 30.1 Å². The lowest BCUT2D eigenvalue weighted by molar-refractivity contribution is 0.0618. The minimum absolute atomic E-state index is 0. The molecule has 8 nitrogen and oxygen atoms in total. The predicted molar refractivity (Wildman–Crippen MR) is 103 cm³/mol. The lowest BCUT2D eigenvalue weighted by Gasteiger charge is -2.33. The zero-order chi connectivity index (χ0) is 17.9. The Bertz CT molecular complexity index is 747. The quantitative estimate of drug-likeness (QED) is 0.846. The van der Waals surface area contributed by atoms with E-state index in [9.17, 15) is 4.79 Å². The van der Waals surface area contributed by atoms with Gasteiger partial charge in [-0.2, -0.15) is 5.10 Å². The summed E-state index contributed by atoms with van der Waals surface area (Å²) in [5.74, 6) is 0.863. The van der Waals surface area contributed by atoms with Crippen LogP contribution in [-0.4, -0.2) is 69.9 Å². The van der Waals surface area contributed by atoms with Crippen LogP contribution in [0.5, 0.6) is 0 Å². The molecule has 2 saturated heterocycles. The zero-order valence-electron chi connectivity index (χ0n) is 15.6. The van der Waals surface area contributed by atoms with Crippen molar-refractivity contribution < 1.29 is 9.32 Å². The summed E-state index contributed by atoms with van der Waals surface area (Å²) in [5, 5.41) is 12.0. The largest absolute Gasteiger partial charge is 0.361 e. The predicted octanol–water partition coefficient (Wildman–Crippen LogP) is 1.48. The molecule has 0 aromatic carbocycles. The van der Waals surface area contributed by atoms with Crippen LogP contribution in [0.3, 0.4) is 0 Å². The summed E-state index contributed by atoms with van der Waals surface area (Å²) in [6.45, 7) is 7.77. The van der Waals surface area contributed by atoms with Crippen molar-refractivity contribution in [3.05, 3.63) is 35.5 Å². The summed E-state index contributed by atoms with van der Waals surface area (Å²) >= 11 is 0. The average Bonchev–Trinajstić information content (AvgIpc) is 3.32. The van der Waals surface area contributed by atoms with Gasteiger partial charge in [-0.1, -0.05) is 5.16 Å². The Morgan fingerprint density at radius 3 is 2.81 bits per heavy atom. The SMILES string of the molecule is Cc1cc(CN2CCN(C(=O)c3ccn(C4CCCNC4)n3)CC2)no1.Cl. The first-order valence-electron chi connectivity index (χ1n) is 9.39. The van der Waals surface area contributed by atoms with E-state index >= 15 is 0 Å². The van der Waals surface area contributed by atoms with E-state index in [0.717, 1.165) is 57.0 Å². The average molecular weight is 395 g/mol. The number of hydrogen-bond donors (Lipinski definition) is 1. The van der Waals surface area contributed by atoms with Crippen molar-refractivity contribution in [1.29, 1.82) is 0 Å². The summed E-state index contributed by atoms with van der Waals surface area (Å²) in [4.78, 5) is 17.0. The lowest BCUT2D eigenvalue weighted by atomic mass is 10.1. The van der Waals surface area contributed by atoms with Crippen LogP contribution in [-0.2, 0) is 6.54 Å². The molecule has 1 N–H and O–H groups in total. The summed E-state index contributed by atoms with van der Waals surface area (Å²) in [5.41, 5.74) is 1.50. The molecule has 9 heteroatoms. The normalized spacial score (nSPS) is 21.1. The molecule has 2 aromatic rings. The van der Waals surface area contributed by atoms with E-state index in [-0.39, 0.29) is 18.3 Å². The summed E-state index contributed by atoms with van der Waals surface area (Å²) in [6, 6.07) is 4.17. The van der Waals surface area contributed by atoms with Gasteiger partial charge in [0.1, 0.15) is 11.5 Å². The highest BCUT2D eigenvalue weighted by Gasteiger charge is 2.25. The van der Waals surface area contributed by atoms with Gasteiger partial charge in [0.15, 0.2) is 0 Å². The van der Waals surface area contributed by atoms with Gasteiger partial charge in [-0.15, -0.1) is 12.4 Å². The molecule has 0 bridgehead atoms. The number of piperazine rings is 1. The second kappa shape index (κ2) is 8.86. The van der Waals surface area contributed by atoms with E-state index in [2.05, 4.69) is 20.5 Å². The number of nitrogens with zero attached hydrogens (tertiary/aromatic N) is 5. The van der Waals surface area contributed by atoms with E-state index in [0.29, 0.717) is 24.8 Å². The van der Waals surface area contributed by atoms with Crippen molar-refractivity contribution in [3.63, 3.8) is 0 Å². The molecule has 1 atom stereocenters. The molecule has 148 valence electrons. The summed E-state index contributed by atoms with van der Waals surface area (Å²) < 4.78 is 7.07. The maximum absolute atomic E-state index is 12.8. The van der Waals surface area contributed by atoms with Crippen LogP contribution in [0, 0.1) is 6.92 Å². The number of carbonyl (C=O) groups is 1. The summed E-state index contributed by atoms with van der Waals surface area (Å²) in [7, 11) is 0. The minimum atomic E-state index is 0. The number of hydrogen-bond acceptors (Lipinski definition) is 6. The Morgan fingerprint density at radius 2 is 2.15 bits per heavy atom. The third-order valence-corrected chi connectivity index (χ3v) is 5.19. The molecule has 2 aliphatic heterocycles. The highest BCUT2D eigenvalue weighted by molar-refractivity contribution is 5.92. The number of halogens is 1. The maximum Gasteiger partial charge on any atom is 0.274 e.